The minimum Gasteiger partial charge on any atom is -0.490 e. The number of rotatable bonds is 7. The van der Waals surface area contributed by atoms with E-state index in [0.29, 0.717) is 12.2 Å². The van der Waals surface area contributed by atoms with Crippen LogP contribution in [-0.2, 0) is 0 Å². The van der Waals surface area contributed by atoms with Crippen LogP contribution >= 0.6 is 0 Å². The zero-order valence-electron chi connectivity index (χ0n) is 17.5. The lowest BCUT2D eigenvalue weighted by Crippen LogP contribution is -2.16. The number of furan rings is 1. The van der Waals surface area contributed by atoms with Crippen molar-refractivity contribution in [2.45, 2.75) is 13.8 Å². The molecule has 0 bridgehead atoms. The Morgan fingerprint density at radius 3 is 2.68 bits per heavy atom. The van der Waals surface area contributed by atoms with Crippen molar-refractivity contribution in [3.63, 3.8) is 0 Å². The molecule has 0 fully saturated rings. The second-order valence-corrected chi connectivity index (χ2v) is 7.10. The van der Waals surface area contributed by atoms with Crippen LogP contribution in [0.1, 0.15) is 27.5 Å². The molecule has 0 aliphatic rings. The average molecular weight is 413 g/mol. The number of hydrogen-bond acceptors (Lipinski definition) is 4. The Morgan fingerprint density at radius 2 is 1.94 bits per heavy atom. The number of hydrogen-bond donors (Lipinski definition) is 1. The van der Waals surface area contributed by atoms with Crippen molar-refractivity contribution in [1.29, 1.82) is 0 Å². The van der Waals surface area contributed by atoms with Crippen molar-refractivity contribution >= 4 is 23.1 Å². The van der Waals surface area contributed by atoms with E-state index in [1.165, 1.54) is 0 Å². The highest BCUT2D eigenvalue weighted by Gasteiger charge is 2.12. The normalized spacial score (nSPS) is 11.2. The highest BCUT2D eigenvalue weighted by molar-refractivity contribution is 5.96. The van der Waals surface area contributed by atoms with Gasteiger partial charge in [0.05, 0.1) is 6.21 Å². The fourth-order valence-electron chi connectivity index (χ4n) is 3.47. The van der Waals surface area contributed by atoms with Crippen LogP contribution in [0, 0.1) is 13.8 Å². The smallest absolute Gasteiger partial charge is 0.307 e. The molecule has 0 saturated carbocycles. The number of amides is 1. The number of fused-ring (bicyclic) bond motifs is 1. The van der Waals surface area contributed by atoms with Gasteiger partial charge in [-0.1, -0.05) is 30.9 Å². The van der Waals surface area contributed by atoms with Gasteiger partial charge in [0.1, 0.15) is 17.9 Å². The molecule has 156 valence electrons. The molecule has 0 aliphatic carbocycles. The average Bonchev–Trinajstić information content (AvgIpc) is 3.33. The van der Waals surface area contributed by atoms with Gasteiger partial charge in [0.25, 0.3) is 0 Å². The molecule has 6 nitrogen and oxygen atoms in total. The van der Waals surface area contributed by atoms with Crippen LogP contribution in [0.5, 0.6) is 5.75 Å². The largest absolute Gasteiger partial charge is 0.490 e. The van der Waals surface area contributed by atoms with Crippen LogP contribution in [-0.4, -0.2) is 23.3 Å². The maximum absolute atomic E-state index is 12.3. The number of hydrazone groups is 1. The third-order valence-electron chi connectivity index (χ3n) is 4.95. The monoisotopic (exact) mass is 413 g/mol. The zero-order valence-corrected chi connectivity index (χ0v) is 17.5. The number of nitrogens with one attached hydrogen (secondary N) is 1. The number of benzene rings is 2. The van der Waals surface area contributed by atoms with Crippen molar-refractivity contribution in [3.8, 4) is 11.4 Å². The van der Waals surface area contributed by atoms with Gasteiger partial charge in [0, 0.05) is 28.0 Å². The third-order valence-corrected chi connectivity index (χ3v) is 4.95. The standard InChI is InChI=1S/C25H23N3O3/c1-4-13-30-22-11-9-21(10-12-22)28-17(2)14-20(18(28)3)16-26-27-25(29)24-15-19-7-5-6-8-23(19)31-24/h4-12,14-16H,1,13H2,2-3H3,(H,27,29)/b26-16+. The van der Waals surface area contributed by atoms with Gasteiger partial charge in [-0.25, -0.2) is 5.43 Å². The molecule has 2 aromatic heterocycles. The molecule has 6 heteroatoms. The quantitative estimate of drug-likeness (QED) is 0.258. The number of aryl methyl sites for hydroxylation is 1. The molecule has 4 rings (SSSR count). The molecule has 2 heterocycles. The maximum atomic E-state index is 12.3. The van der Waals surface area contributed by atoms with Crippen LogP contribution in [0.2, 0.25) is 0 Å². The number of carbonyl (C=O) groups is 1. The molecule has 0 unspecified atom stereocenters. The maximum Gasteiger partial charge on any atom is 0.307 e. The molecule has 4 aromatic rings. The van der Waals surface area contributed by atoms with Crippen molar-refractivity contribution < 1.29 is 13.9 Å². The lowest BCUT2D eigenvalue weighted by molar-refractivity contribution is 0.0929. The summed E-state index contributed by atoms with van der Waals surface area (Å²) in [6, 6.07) is 19.1. The predicted molar refractivity (Wildman–Crippen MR) is 122 cm³/mol. The molecule has 0 radical (unpaired) electrons. The summed E-state index contributed by atoms with van der Waals surface area (Å²) < 4.78 is 13.2. The van der Waals surface area contributed by atoms with Gasteiger partial charge < -0.3 is 13.7 Å². The van der Waals surface area contributed by atoms with Crippen LogP contribution in [0.15, 0.2) is 82.8 Å². The summed E-state index contributed by atoms with van der Waals surface area (Å²) in [5.41, 5.74) is 7.20. The number of ether oxygens (including phenoxy) is 1. The topological polar surface area (TPSA) is 68.8 Å². The summed E-state index contributed by atoms with van der Waals surface area (Å²) in [7, 11) is 0. The number of nitrogens with zero attached hydrogens (tertiary/aromatic N) is 2. The van der Waals surface area contributed by atoms with Gasteiger partial charge in [-0.3, -0.25) is 4.79 Å². The van der Waals surface area contributed by atoms with Crippen LogP contribution in [0.25, 0.3) is 16.7 Å². The summed E-state index contributed by atoms with van der Waals surface area (Å²) in [6.07, 6.45) is 3.35. The molecule has 0 saturated heterocycles. The van der Waals surface area contributed by atoms with E-state index >= 15 is 0 Å². The van der Waals surface area contributed by atoms with Crippen molar-refractivity contribution in [2.75, 3.05) is 6.61 Å². The van der Waals surface area contributed by atoms with E-state index in [1.807, 2.05) is 68.4 Å². The number of aromatic nitrogens is 1. The molecule has 2 aromatic carbocycles. The van der Waals surface area contributed by atoms with E-state index in [0.717, 1.165) is 33.8 Å². The van der Waals surface area contributed by atoms with Gasteiger partial charge in [-0.15, -0.1) is 0 Å². The summed E-state index contributed by atoms with van der Waals surface area (Å²) in [6.45, 7) is 8.17. The fourth-order valence-corrected chi connectivity index (χ4v) is 3.47. The molecule has 1 N–H and O–H groups in total. The van der Waals surface area contributed by atoms with Gasteiger partial charge >= 0.3 is 5.91 Å². The molecule has 1 amide bonds. The van der Waals surface area contributed by atoms with Crippen molar-refractivity contribution in [1.82, 2.24) is 9.99 Å². The van der Waals surface area contributed by atoms with Gasteiger partial charge in [0.15, 0.2) is 5.76 Å². The summed E-state index contributed by atoms with van der Waals surface area (Å²) >= 11 is 0. The number of para-hydroxylation sites is 1. The first-order valence-corrected chi connectivity index (χ1v) is 9.92. The van der Waals surface area contributed by atoms with Gasteiger partial charge in [-0.2, -0.15) is 5.10 Å². The Morgan fingerprint density at radius 1 is 1.16 bits per heavy atom. The first-order valence-electron chi connectivity index (χ1n) is 9.92. The predicted octanol–water partition coefficient (Wildman–Crippen LogP) is 5.17. The van der Waals surface area contributed by atoms with Gasteiger partial charge in [-0.05, 0) is 56.3 Å². The second kappa shape index (κ2) is 8.75. The minimum absolute atomic E-state index is 0.225. The lowest BCUT2D eigenvalue weighted by atomic mass is 10.2. The van der Waals surface area contributed by atoms with E-state index in [9.17, 15) is 4.79 Å². The van der Waals surface area contributed by atoms with Crippen LogP contribution in [0.3, 0.4) is 0 Å². The first-order chi connectivity index (χ1) is 15.1. The number of carbonyl (C=O) groups excluding carboxylic acids is 1. The van der Waals surface area contributed by atoms with Crippen molar-refractivity contribution in [2.24, 2.45) is 5.10 Å². The molecule has 0 aliphatic heterocycles. The highest BCUT2D eigenvalue weighted by Crippen LogP contribution is 2.22. The van der Waals surface area contributed by atoms with Crippen molar-refractivity contribution in [3.05, 3.63) is 96.0 Å². The van der Waals surface area contributed by atoms with E-state index in [-0.39, 0.29) is 5.76 Å². The van der Waals surface area contributed by atoms with Gasteiger partial charge in [0.2, 0.25) is 0 Å². The fraction of sp³-hybridized carbons (Fsp3) is 0.120. The Hall–Kier alpha value is -4.06. The van der Waals surface area contributed by atoms with Crippen LogP contribution in [0.4, 0.5) is 0 Å². The highest BCUT2D eigenvalue weighted by atomic mass is 16.5. The van der Waals surface area contributed by atoms with E-state index in [2.05, 4.69) is 21.7 Å². The second-order valence-electron chi connectivity index (χ2n) is 7.10. The lowest BCUT2D eigenvalue weighted by Gasteiger charge is -2.11. The Labute approximate surface area is 180 Å². The first kappa shape index (κ1) is 20.2. The van der Waals surface area contributed by atoms with E-state index < -0.39 is 5.91 Å². The molecular weight excluding hydrogens is 390 g/mol. The SMILES string of the molecule is C=CCOc1ccc(-n2c(C)cc(/C=N/NC(=O)c3cc4ccccc4o3)c2C)cc1. The van der Waals surface area contributed by atoms with E-state index in [4.69, 9.17) is 9.15 Å². The molecular formula is C25H23N3O3. The Balaban J connectivity index is 1.48. The molecule has 0 atom stereocenters. The summed E-state index contributed by atoms with van der Waals surface area (Å²) in [5, 5.41) is 4.99. The van der Waals surface area contributed by atoms with Crippen LogP contribution < -0.4 is 10.2 Å². The summed E-state index contributed by atoms with van der Waals surface area (Å²) in [4.78, 5) is 12.3. The third kappa shape index (κ3) is 4.28. The minimum atomic E-state index is -0.392. The molecule has 31 heavy (non-hydrogen) atoms. The Bertz CT molecular complexity index is 1230. The zero-order chi connectivity index (χ0) is 21.8. The summed E-state index contributed by atoms with van der Waals surface area (Å²) in [5.74, 6) is 0.625. The Kier molecular flexibility index (Phi) is 5.71. The van der Waals surface area contributed by atoms with E-state index in [1.54, 1.807) is 18.4 Å². The molecule has 0 spiro atoms.